The first-order valence-corrected chi connectivity index (χ1v) is 6.36. The molecule has 16 heavy (non-hydrogen) atoms. The van der Waals surface area contributed by atoms with E-state index in [2.05, 4.69) is 11.6 Å². The van der Waals surface area contributed by atoms with Gasteiger partial charge in [0.25, 0.3) is 0 Å². The topological polar surface area (TPSA) is 50.2 Å². The van der Waals surface area contributed by atoms with Crippen LogP contribution >= 0.6 is 23.1 Å². The number of rotatable bonds is 4. The molecule has 0 amide bonds. The van der Waals surface area contributed by atoms with Gasteiger partial charge in [0.2, 0.25) is 0 Å². The lowest BCUT2D eigenvalue weighted by atomic mass is 10.3. The van der Waals surface area contributed by atoms with Gasteiger partial charge >= 0.3 is 5.97 Å². The van der Waals surface area contributed by atoms with Crippen molar-refractivity contribution in [1.82, 2.24) is 4.98 Å². The minimum Gasteiger partial charge on any atom is -0.478 e. The van der Waals surface area contributed by atoms with Crippen molar-refractivity contribution >= 4 is 39.3 Å². The lowest BCUT2D eigenvalue weighted by molar-refractivity contribution is -0.132. The van der Waals surface area contributed by atoms with E-state index in [9.17, 15) is 4.79 Å². The Morgan fingerprint density at radius 2 is 2.25 bits per heavy atom. The zero-order valence-electron chi connectivity index (χ0n) is 8.34. The Morgan fingerprint density at radius 1 is 1.50 bits per heavy atom. The fourth-order valence-electron chi connectivity index (χ4n) is 1.12. The maximum absolute atomic E-state index is 10.6. The summed E-state index contributed by atoms with van der Waals surface area (Å²) in [6.07, 6.45) is 0. The number of thioether (sulfide) groups is 1. The number of carboxylic acid groups (broad SMARTS) is 1. The van der Waals surface area contributed by atoms with E-state index in [4.69, 9.17) is 5.11 Å². The molecule has 0 aliphatic rings. The van der Waals surface area contributed by atoms with Crippen molar-refractivity contribution in [2.24, 2.45) is 0 Å². The van der Waals surface area contributed by atoms with Crippen molar-refractivity contribution in [3.63, 3.8) is 0 Å². The van der Waals surface area contributed by atoms with E-state index in [0.29, 0.717) is 5.75 Å². The second kappa shape index (κ2) is 4.67. The van der Waals surface area contributed by atoms with E-state index >= 15 is 0 Å². The molecular weight excluding hydrogens is 242 g/mol. The number of carboxylic acids is 1. The minimum absolute atomic E-state index is 0.198. The number of hydrogen-bond acceptors (Lipinski definition) is 4. The van der Waals surface area contributed by atoms with Crippen LogP contribution < -0.4 is 0 Å². The Balaban J connectivity index is 2.10. The number of thiazole rings is 1. The molecule has 0 fully saturated rings. The van der Waals surface area contributed by atoms with Gasteiger partial charge in [-0.15, -0.1) is 11.3 Å². The largest absolute Gasteiger partial charge is 0.478 e. The third kappa shape index (κ3) is 2.43. The molecule has 0 aliphatic heterocycles. The zero-order chi connectivity index (χ0) is 11.5. The van der Waals surface area contributed by atoms with Crippen molar-refractivity contribution in [3.05, 3.63) is 36.4 Å². The van der Waals surface area contributed by atoms with Gasteiger partial charge < -0.3 is 5.11 Å². The molecule has 1 aromatic heterocycles. The number of hydrogen-bond donors (Lipinski definition) is 1. The number of benzene rings is 1. The van der Waals surface area contributed by atoms with Crippen molar-refractivity contribution in [1.29, 1.82) is 0 Å². The molecule has 0 unspecified atom stereocenters. The molecule has 0 saturated heterocycles. The van der Waals surface area contributed by atoms with Crippen molar-refractivity contribution in [2.75, 3.05) is 5.75 Å². The summed E-state index contributed by atoms with van der Waals surface area (Å²) in [6, 6.07) is 7.85. The summed E-state index contributed by atoms with van der Waals surface area (Å²) in [6.45, 7) is 3.48. The highest BCUT2D eigenvalue weighted by Crippen LogP contribution is 2.29. The molecule has 0 atom stereocenters. The smallest absolute Gasteiger partial charge is 0.331 e. The maximum Gasteiger partial charge on any atom is 0.331 e. The molecular formula is C11H9NO2S2. The predicted molar refractivity (Wildman–Crippen MR) is 67.1 cm³/mol. The summed E-state index contributed by atoms with van der Waals surface area (Å²) in [5.41, 5.74) is 1.15. The SMILES string of the molecule is C=C(CSc1nc2ccccc2s1)C(=O)O. The highest BCUT2D eigenvalue weighted by atomic mass is 32.2. The summed E-state index contributed by atoms with van der Waals surface area (Å²) in [7, 11) is 0. The zero-order valence-corrected chi connectivity index (χ0v) is 9.98. The molecule has 1 heterocycles. The highest BCUT2D eigenvalue weighted by Gasteiger charge is 2.07. The molecule has 3 nitrogen and oxygen atoms in total. The van der Waals surface area contributed by atoms with Crippen molar-refractivity contribution < 1.29 is 9.90 Å². The molecule has 82 valence electrons. The Bertz CT molecular complexity index is 515. The van der Waals surface area contributed by atoms with Crippen LogP contribution in [0, 0.1) is 0 Å². The van der Waals surface area contributed by atoms with E-state index in [-0.39, 0.29) is 5.57 Å². The van der Waals surface area contributed by atoms with Gasteiger partial charge in [-0.25, -0.2) is 9.78 Å². The fraction of sp³-hybridized carbons (Fsp3) is 0.0909. The lowest BCUT2D eigenvalue weighted by Gasteiger charge is -1.95. The fourth-order valence-corrected chi connectivity index (χ4v) is 3.09. The molecule has 0 radical (unpaired) electrons. The Morgan fingerprint density at radius 3 is 2.94 bits per heavy atom. The number of para-hydroxylation sites is 1. The second-order valence-corrected chi connectivity index (χ2v) is 5.40. The molecule has 2 rings (SSSR count). The molecule has 5 heteroatoms. The molecule has 2 aromatic rings. The normalized spacial score (nSPS) is 10.5. The third-order valence-corrected chi connectivity index (χ3v) is 4.21. The monoisotopic (exact) mass is 251 g/mol. The second-order valence-electron chi connectivity index (χ2n) is 3.14. The standard InChI is InChI=1S/C11H9NO2S2/c1-7(10(13)14)6-15-11-12-8-4-2-3-5-9(8)16-11/h2-5H,1,6H2,(H,13,14). The van der Waals surface area contributed by atoms with Gasteiger partial charge in [-0.1, -0.05) is 30.5 Å². The predicted octanol–water partition coefficient (Wildman–Crippen LogP) is 3.03. The Kier molecular flexibility index (Phi) is 3.26. The van der Waals surface area contributed by atoms with Crippen LogP contribution in [0.1, 0.15) is 0 Å². The molecule has 1 N–H and O–H groups in total. The Labute approximate surface area is 101 Å². The Hall–Kier alpha value is -1.33. The van der Waals surface area contributed by atoms with Gasteiger partial charge in [0.1, 0.15) is 0 Å². The van der Waals surface area contributed by atoms with Gasteiger partial charge in [-0.2, -0.15) is 0 Å². The third-order valence-electron chi connectivity index (χ3n) is 1.95. The number of fused-ring (bicyclic) bond motifs is 1. The summed E-state index contributed by atoms with van der Waals surface area (Å²) in [5.74, 6) is -0.580. The van der Waals surface area contributed by atoms with Crippen molar-refractivity contribution in [3.8, 4) is 0 Å². The molecule has 0 saturated carbocycles. The van der Waals surface area contributed by atoms with Gasteiger partial charge in [-0.05, 0) is 12.1 Å². The number of nitrogens with zero attached hydrogens (tertiary/aromatic N) is 1. The van der Waals surface area contributed by atoms with Crippen LogP contribution in [0.4, 0.5) is 0 Å². The van der Waals surface area contributed by atoms with Crippen LogP contribution in [0.5, 0.6) is 0 Å². The summed E-state index contributed by atoms with van der Waals surface area (Å²) < 4.78 is 1.99. The van der Waals surface area contributed by atoms with E-state index in [0.717, 1.165) is 14.6 Å². The summed E-state index contributed by atoms with van der Waals surface area (Å²) in [5, 5.41) is 8.67. The van der Waals surface area contributed by atoms with Crippen LogP contribution in [0.25, 0.3) is 10.2 Å². The van der Waals surface area contributed by atoms with Crippen LogP contribution in [0.3, 0.4) is 0 Å². The molecule has 1 aromatic carbocycles. The first kappa shape index (κ1) is 11.2. The molecule has 0 aliphatic carbocycles. The number of carbonyl (C=O) groups is 1. The summed E-state index contributed by atoms with van der Waals surface area (Å²) in [4.78, 5) is 15.0. The molecule has 0 spiro atoms. The number of aliphatic carboxylic acids is 1. The van der Waals surface area contributed by atoms with Gasteiger partial charge in [-0.3, -0.25) is 0 Å². The van der Waals surface area contributed by atoms with Gasteiger partial charge in [0.05, 0.1) is 10.2 Å². The van der Waals surface area contributed by atoms with E-state index < -0.39 is 5.97 Å². The minimum atomic E-state index is -0.950. The summed E-state index contributed by atoms with van der Waals surface area (Å²) >= 11 is 2.98. The van der Waals surface area contributed by atoms with Crippen molar-refractivity contribution in [2.45, 2.75) is 4.34 Å². The van der Waals surface area contributed by atoms with Crippen LogP contribution in [-0.4, -0.2) is 21.8 Å². The van der Waals surface area contributed by atoms with Crippen LogP contribution in [0.2, 0.25) is 0 Å². The van der Waals surface area contributed by atoms with E-state index in [1.54, 1.807) is 11.3 Å². The van der Waals surface area contributed by atoms with Crippen LogP contribution in [-0.2, 0) is 4.79 Å². The first-order valence-electron chi connectivity index (χ1n) is 4.56. The van der Waals surface area contributed by atoms with E-state index in [1.807, 2.05) is 24.3 Å². The lowest BCUT2D eigenvalue weighted by Crippen LogP contribution is -2.00. The average Bonchev–Trinajstić information content (AvgIpc) is 2.68. The first-order chi connectivity index (χ1) is 7.66. The molecule has 0 bridgehead atoms. The van der Waals surface area contributed by atoms with Crippen LogP contribution in [0.15, 0.2) is 40.8 Å². The van der Waals surface area contributed by atoms with E-state index in [1.165, 1.54) is 11.8 Å². The average molecular weight is 251 g/mol. The maximum atomic E-state index is 10.6. The highest BCUT2D eigenvalue weighted by molar-refractivity contribution is 8.01. The number of aromatic nitrogens is 1. The van der Waals surface area contributed by atoms with Gasteiger partial charge in [0.15, 0.2) is 4.34 Å². The quantitative estimate of drug-likeness (QED) is 0.670. The van der Waals surface area contributed by atoms with Gasteiger partial charge in [0, 0.05) is 11.3 Å².